The van der Waals surface area contributed by atoms with E-state index < -0.39 is 5.91 Å². The number of aromatic amines is 1. The van der Waals surface area contributed by atoms with Crippen LogP contribution >= 0.6 is 0 Å². The maximum absolute atomic E-state index is 13.4. The molecular weight excluding hydrogens is 468 g/mol. The molecule has 5 N–H and O–H groups in total. The normalized spacial score (nSPS) is 13.5. The maximum Gasteiger partial charge on any atom is 0.253 e. The van der Waals surface area contributed by atoms with Gasteiger partial charge in [-0.05, 0) is 57.5 Å². The molecule has 37 heavy (non-hydrogen) atoms. The standard InChI is InChI=1S/C27H34N8O2/c1-16(2)32-25-21(13-28)20(26(36)31-15-22-17(3)11-18(4)33-27(22)37)12-23(34-25)19-5-6-24(30-14-19)35-9-7-29-8-10-35/h5-6,11-14,16,28-29H,7-10,15H2,1-4H3,(H,31,36)(H,32,34)(H,33,37). The number of pyridine rings is 3. The lowest BCUT2D eigenvalue weighted by Gasteiger charge is -2.28. The molecule has 1 amide bonds. The number of rotatable bonds is 8. The third kappa shape index (κ3) is 6.03. The predicted octanol–water partition coefficient (Wildman–Crippen LogP) is 2.61. The van der Waals surface area contributed by atoms with E-state index in [1.807, 2.05) is 45.9 Å². The second-order valence-electron chi connectivity index (χ2n) is 9.53. The number of carbonyl (C=O) groups excluding carboxylic acids is 1. The van der Waals surface area contributed by atoms with E-state index in [2.05, 4.69) is 30.8 Å². The minimum Gasteiger partial charge on any atom is -0.367 e. The van der Waals surface area contributed by atoms with Crippen LogP contribution in [0.2, 0.25) is 0 Å². The average molecular weight is 503 g/mol. The summed E-state index contributed by atoms with van der Waals surface area (Å²) in [5, 5.41) is 17.5. The van der Waals surface area contributed by atoms with E-state index in [9.17, 15) is 9.59 Å². The first-order valence-corrected chi connectivity index (χ1v) is 12.5. The number of piperazine rings is 1. The Morgan fingerprint density at radius 2 is 1.97 bits per heavy atom. The van der Waals surface area contributed by atoms with Gasteiger partial charge >= 0.3 is 0 Å². The van der Waals surface area contributed by atoms with Crippen molar-refractivity contribution >= 4 is 23.8 Å². The molecule has 0 aliphatic carbocycles. The van der Waals surface area contributed by atoms with Crippen molar-refractivity contribution in [2.45, 2.75) is 40.3 Å². The number of hydrogen-bond donors (Lipinski definition) is 5. The summed E-state index contributed by atoms with van der Waals surface area (Å²) in [5.41, 5.74) is 3.87. The molecule has 0 saturated carbocycles. The van der Waals surface area contributed by atoms with Crippen LogP contribution in [0.5, 0.6) is 0 Å². The van der Waals surface area contributed by atoms with E-state index in [-0.39, 0.29) is 18.1 Å². The number of anilines is 2. The van der Waals surface area contributed by atoms with Crippen LogP contribution in [-0.2, 0) is 6.54 Å². The van der Waals surface area contributed by atoms with E-state index in [1.165, 1.54) is 0 Å². The van der Waals surface area contributed by atoms with Gasteiger partial charge in [-0.3, -0.25) is 9.59 Å². The van der Waals surface area contributed by atoms with E-state index >= 15 is 0 Å². The van der Waals surface area contributed by atoms with E-state index in [0.717, 1.165) is 55.0 Å². The third-order valence-corrected chi connectivity index (χ3v) is 6.28. The monoisotopic (exact) mass is 502 g/mol. The first-order valence-electron chi connectivity index (χ1n) is 12.5. The Kier molecular flexibility index (Phi) is 7.98. The largest absolute Gasteiger partial charge is 0.367 e. The van der Waals surface area contributed by atoms with Crippen molar-refractivity contribution < 1.29 is 4.79 Å². The number of nitrogens with one attached hydrogen (secondary N) is 5. The summed E-state index contributed by atoms with van der Waals surface area (Å²) < 4.78 is 0. The van der Waals surface area contributed by atoms with Gasteiger partial charge in [-0.25, -0.2) is 9.97 Å². The number of amides is 1. The lowest BCUT2D eigenvalue weighted by atomic mass is 10.0. The first kappa shape index (κ1) is 26.0. The molecule has 0 spiro atoms. The highest BCUT2D eigenvalue weighted by molar-refractivity contribution is 6.05. The van der Waals surface area contributed by atoms with Gasteiger partial charge < -0.3 is 31.2 Å². The minimum absolute atomic E-state index is 0.0411. The number of nitrogens with zero attached hydrogens (tertiary/aromatic N) is 3. The maximum atomic E-state index is 13.4. The fraction of sp³-hybridized carbons (Fsp3) is 0.370. The molecule has 194 valence electrons. The zero-order valence-electron chi connectivity index (χ0n) is 21.7. The number of aromatic nitrogens is 3. The fourth-order valence-electron chi connectivity index (χ4n) is 4.40. The van der Waals surface area contributed by atoms with Crippen molar-refractivity contribution in [2.75, 3.05) is 36.4 Å². The van der Waals surface area contributed by atoms with Gasteiger partial charge in [0.2, 0.25) is 0 Å². The molecule has 0 aromatic carbocycles. The second kappa shape index (κ2) is 11.3. The molecular formula is C27H34N8O2. The van der Waals surface area contributed by atoms with Gasteiger partial charge in [-0.2, -0.15) is 0 Å². The number of hydrogen-bond acceptors (Lipinski definition) is 8. The van der Waals surface area contributed by atoms with Crippen molar-refractivity contribution in [3.8, 4) is 11.3 Å². The molecule has 0 unspecified atom stereocenters. The highest BCUT2D eigenvalue weighted by Crippen LogP contribution is 2.26. The Morgan fingerprint density at radius 1 is 1.22 bits per heavy atom. The van der Waals surface area contributed by atoms with Crippen molar-refractivity contribution in [1.82, 2.24) is 25.6 Å². The van der Waals surface area contributed by atoms with Crippen LogP contribution in [0.15, 0.2) is 35.3 Å². The molecule has 1 saturated heterocycles. The molecule has 1 aliphatic rings. The van der Waals surface area contributed by atoms with Crippen LogP contribution in [0, 0.1) is 19.3 Å². The lowest BCUT2D eigenvalue weighted by Crippen LogP contribution is -2.43. The lowest BCUT2D eigenvalue weighted by molar-refractivity contribution is 0.0950. The van der Waals surface area contributed by atoms with Gasteiger partial charge in [0.15, 0.2) is 0 Å². The molecule has 1 aliphatic heterocycles. The summed E-state index contributed by atoms with van der Waals surface area (Å²) in [6.45, 7) is 11.3. The van der Waals surface area contributed by atoms with E-state index in [1.54, 1.807) is 12.3 Å². The Morgan fingerprint density at radius 3 is 2.59 bits per heavy atom. The topological polar surface area (TPSA) is 139 Å². The Hall–Kier alpha value is -4.05. The number of aryl methyl sites for hydroxylation is 2. The van der Waals surface area contributed by atoms with Gasteiger partial charge in [-0.15, -0.1) is 0 Å². The van der Waals surface area contributed by atoms with Crippen molar-refractivity contribution in [1.29, 1.82) is 5.41 Å². The van der Waals surface area contributed by atoms with Gasteiger partial charge in [0, 0.05) is 73.6 Å². The van der Waals surface area contributed by atoms with Gasteiger partial charge in [0.25, 0.3) is 11.5 Å². The van der Waals surface area contributed by atoms with Crippen LogP contribution in [0.3, 0.4) is 0 Å². The van der Waals surface area contributed by atoms with E-state index in [4.69, 9.17) is 10.4 Å². The Bertz CT molecular complexity index is 1340. The minimum atomic E-state index is -0.390. The van der Waals surface area contributed by atoms with Crippen LogP contribution in [-0.4, -0.2) is 59.3 Å². The third-order valence-electron chi connectivity index (χ3n) is 6.28. The highest BCUT2D eigenvalue weighted by atomic mass is 16.1. The van der Waals surface area contributed by atoms with Crippen LogP contribution in [0.25, 0.3) is 11.3 Å². The Balaban J connectivity index is 1.67. The molecule has 0 atom stereocenters. The fourth-order valence-corrected chi connectivity index (χ4v) is 4.40. The zero-order chi connectivity index (χ0) is 26.5. The predicted molar refractivity (Wildman–Crippen MR) is 147 cm³/mol. The van der Waals surface area contributed by atoms with Gasteiger partial charge in [-0.1, -0.05) is 0 Å². The van der Waals surface area contributed by atoms with E-state index in [0.29, 0.717) is 28.2 Å². The second-order valence-corrected chi connectivity index (χ2v) is 9.53. The summed E-state index contributed by atoms with van der Waals surface area (Å²) in [6, 6.07) is 7.51. The van der Waals surface area contributed by atoms with Crippen molar-refractivity contribution in [3.05, 3.63) is 68.8 Å². The summed E-state index contributed by atoms with van der Waals surface area (Å²) in [7, 11) is 0. The summed E-state index contributed by atoms with van der Waals surface area (Å²) in [5.74, 6) is 0.959. The molecule has 0 radical (unpaired) electrons. The van der Waals surface area contributed by atoms with Crippen LogP contribution in [0.1, 0.15) is 46.6 Å². The summed E-state index contributed by atoms with van der Waals surface area (Å²) in [6.07, 6.45) is 2.89. The van der Waals surface area contributed by atoms with Crippen molar-refractivity contribution in [2.24, 2.45) is 0 Å². The van der Waals surface area contributed by atoms with Crippen molar-refractivity contribution in [3.63, 3.8) is 0 Å². The summed E-state index contributed by atoms with van der Waals surface area (Å²) in [4.78, 5) is 40.2. The quantitative estimate of drug-likeness (QED) is 0.298. The molecule has 10 heteroatoms. The molecule has 3 aromatic heterocycles. The smallest absolute Gasteiger partial charge is 0.253 e. The molecule has 0 bridgehead atoms. The molecule has 3 aromatic rings. The Labute approximate surface area is 216 Å². The zero-order valence-corrected chi connectivity index (χ0v) is 21.7. The molecule has 4 heterocycles. The summed E-state index contributed by atoms with van der Waals surface area (Å²) >= 11 is 0. The molecule has 4 rings (SSSR count). The van der Waals surface area contributed by atoms with Crippen LogP contribution < -0.4 is 26.4 Å². The molecule has 10 nitrogen and oxygen atoms in total. The van der Waals surface area contributed by atoms with Gasteiger partial charge in [0.05, 0.1) is 11.3 Å². The average Bonchev–Trinajstić information content (AvgIpc) is 2.87. The first-order chi connectivity index (χ1) is 17.8. The number of carbonyl (C=O) groups is 1. The van der Waals surface area contributed by atoms with Crippen LogP contribution in [0.4, 0.5) is 11.6 Å². The molecule has 1 fully saturated rings. The number of H-pyrrole nitrogens is 1. The van der Waals surface area contributed by atoms with Gasteiger partial charge in [0.1, 0.15) is 11.6 Å². The SMILES string of the molecule is Cc1cc(C)c(CNC(=O)c2cc(-c3ccc(N4CCNCC4)nc3)nc(NC(C)C)c2C=N)c(=O)[nH]1. The highest BCUT2D eigenvalue weighted by Gasteiger charge is 2.20.